The number of aromatic carboxylic acids is 1. The van der Waals surface area contributed by atoms with Gasteiger partial charge >= 0.3 is 5.97 Å². The Balaban J connectivity index is 2.26. The Morgan fingerprint density at radius 1 is 1.24 bits per heavy atom. The van der Waals surface area contributed by atoms with Crippen LogP contribution in [0.2, 0.25) is 5.02 Å². The van der Waals surface area contributed by atoms with E-state index in [4.69, 9.17) is 26.2 Å². The molecule has 0 aromatic heterocycles. The van der Waals surface area contributed by atoms with Gasteiger partial charge in [0.15, 0.2) is 0 Å². The minimum Gasteiger partial charge on any atom is -0.496 e. The number of carboxylic acid groups (broad SMARTS) is 1. The first-order chi connectivity index (χ1) is 10.0. The zero-order valence-corrected chi connectivity index (χ0v) is 13.4. The lowest BCUT2D eigenvalue weighted by atomic mass is 10.2. The van der Waals surface area contributed by atoms with Gasteiger partial charge in [-0.1, -0.05) is 27.5 Å². The van der Waals surface area contributed by atoms with Crippen LogP contribution in [0, 0.1) is 0 Å². The summed E-state index contributed by atoms with van der Waals surface area (Å²) in [5, 5.41) is 9.72. The van der Waals surface area contributed by atoms with Gasteiger partial charge in [-0.15, -0.1) is 0 Å². The van der Waals surface area contributed by atoms with Crippen molar-refractivity contribution in [2.45, 2.75) is 6.61 Å². The highest BCUT2D eigenvalue weighted by Gasteiger charge is 2.13. The third kappa shape index (κ3) is 3.89. The average molecular weight is 372 g/mol. The summed E-state index contributed by atoms with van der Waals surface area (Å²) < 4.78 is 11.6. The predicted octanol–water partition coefficient (Wildman–Crippen LogP) is 4.39. The largest absolute Gasteiger partial charge is 0.496 e. The number of methoxy groups -OCH3 is 1. The Kier molecular flexibility index (Phi) is 5.09. The summed E-state index contributed by atoms with van der Waals surface area (Å²) in [6.07, 6.45) is 0. The fraction of sp³-hybridized carbons (Fsp3) is 0.133. The van der Waals surface area contributed by atoms with Crippen LogP contribution in [0.3, 0.4) is 0 Å². The lowest BCUT2D eigenvalue weighted by Crippen LogP contribution is -2.04. The molecule has 110 valence electrons. The van der Waals surface area contributed by atoms with Crippen LogP contribution in [0.5, 0.6) is 11.5 Å². The van der Waals surface area contributed by atoms with Crippen LogP contribution in [0.1, 0.15) is 15.9 Å². The van der Waals surface area contributed by atoms with E-state index in [-0.39, 0.29) is 17.9 Å². The molecule has 4 nitrogen and oxygen atoms in total. The molecule has 2 aromatic rings. The van der Waals surface area contributed by atoms with Crippen molar-refractivity contribution in [3.8, 4) is 11.5 Å². The smallest absolute Gasteiger partial charge is 0.339 e. The Morgan fingerprint density at radius 3 is 2.67 bits per heavy atom. The van der Waals surface area contributed by atoms with E-state index in [1.54, 1.807) is 37.4 Å². The lowest BCUT2D eigenvalue weighted by Gasteiger charge is -2.12. The quantitative estimate of drug-likeness (QED) is 0.847. The zero-order valence-electron chi connectivity index (χ0n) is 11.1. The fourth-order valence-corrected chi connectivity index (χ4v) is 2.34. The second-order valence-corrected chi connectivity index (χ2v) is 5.54. The van der Waals surface area contributed by atoms with Crippen molar-refractivity contribution in [2.24, 2.45) is 0 Å². The summed E-state index contributed by atoms with van der Waals surface area (Å²) in [5.74, 6) is -0.138. The monoisotopic (exact) mass is 370 g/mol. The molecule has 2 aromatic carbocycles. The third-order valence-electron chi connectivity index (χ3n) is 2.80. The van der Waals surface area contributed by atoms with E-state index in [1.165, 1.54) is 6.07 Å². The van der Waals surface area contributed by atoms with Crippen LogP contribution < -0.4 is 9.47 Å². The van der Waals surface area contributed by atoms with Crippen molar-refractivity contribution in [1.82, 2.24) is 0 Å². The molecule has 21 heavy (non-hydrogen) atoms. The maximum atomic E-state index is 11.2. The van der Waals surface area contributed by atoms with E-state index in [0.29, 0.717) is 10.8 Å². The van der Waals surface area contributed by atoms with Crippen molar-refractivity contribution in [3.63, 3.8) is 0 Å². The summed E-state index contributed by atoms with van der Waals surface area (Å²) >= 11 is 9.24. The minimum atomic E-state index is -1.05. The molecule has 0 amide bonds. The van der Waals surface area contributed by atoms with Crippen molar-refractivity contribution in [2.75, 3.05) is 7.11 Å². The Labute approximate surface area is 135 Å². The van der Waals surface area contributed by atoms with Gasteiger partial charge in [0.05, 0.1) is 7.11 Å². The second-order valence-electron chi connectivity index (χ2n) is 4.19. The topological polar surface area (TPSA) is 55.8 Å². The van der Waals surface area contributed by atoms with Crippen LogP contribution >= 0.6 is 27.5 Å². The van der Waals surface area contributed by atoms with Gasteiger partial charge in [0, 0.05) is 15.1 Å². The molecular weight excluding hydrogens is 360 g/mol. The summed E-state index contributed by atoms with van der Waals surface area (Å²) in [7, 11) is 1.55. The van der Waals surface area contributed by atoms with Crippen molar-refractivity contribution < 1.29 is 19.4 Å². The van der Waals surface area contributed by atoms with Gasteiger partial charge in [0.25, 0.3) is 0 Å². The molecule has 0 aliphatic carbocycles. The minimum absolute atomic E-state index is 0.0965. The summed E-state index contributed by atoms with van der Waals surface area (Å²) in [6, 6.07) is 9.91. The molecule has 0 aliphatic rings. The van der Waals surface area contributed by atoms with E-state index < -0.39 is 5.97 Å². The number of hydrogen-bond acceptors (Lipinski definition) is 3. The molecule has 0 saturated heterocycles. The molecule has 2 rings (SSSR count). The number of carboxylic acids is 1. The van der Waals surface area contributed by atoms with Crippen LogP contribution in [0.15, 0.2) is 40.9 Å². The number of hydrogen-bond donors (Lipinski definition) is 1. The molecule has 0 fully saturated rings. The van der Waals surface area contributed by atoms with E-state index in [1.807, 2.05) is 0 Å². The molecular formula is C15H12BrClO4. The van der Waals surface area contributed by atoms with E-state index in [9.17, 15) is 4.79 Å². The standard InChI is InChI=1S/C15H12BrClO4/c1-20-13-5-3-11(17)6-9(13)8-21-14-7-10(16)2-4-12(14)15(18)19/h2-7H,8H2,1H3,(H,18,19). The van der Waals surface area contributed by atoms with Crippen molar-refractivity contribution in [3.05, 3.63) is 57.0 Å². The predicted molar refractivity (Wildman–Crippen MR) is 83.4 cm³/mol. The van der Waals surface area contributed by atoms with Gasteiger partial charge in [-0.25, -0.2) is 4.79 Å². The van der Waals surface area contributed by atoms with E-state index in [2.05, 4.69) is 15.9 Å². The number of carbonyl (C=O) groups is 1. The fourth-order valence-electron chi connectivity index (χ4n) is 1.81. The average Bonchev–Trinajstić information content (AvgIpc) is 2.45. The molecule has 0 bridgehead atoms. The number of benzene rings is 2. The Hall–Kier alpha value is -1.72. The highest BCUT2D eigenvalue weighted by molar-refractivity contribution is 9.10. The molecule has 0 heterocycles. The van der Waals surface area contributed by atoms with Gasteiger partial charge < -0.3 is 14.6 Å². The Bertz CT molecular complexity index is 673. The molecule has 1 N–H and O–H groups in total. The highest BCUT2D eigenvalue weighted by Crippen LogP contribution is 2.27. The van der Waals surface area contributed by atoms with Crippen molar-refractivity contribution in [1.29, 1.82) is 0 Å². The normalized spacial score (nSPS) is 10.2. The third-order valence-corrected chi connectivity index (χ3v) is 3.53. The maximum absolute atomic E-state index is 11.2. The molecule has 0 unspecified atom stereocenters. The first-order valence-corrected chi connectivity index (χ1v) is 7.16. The summed E-state index contributed by atoms with van der Waals surface area (Å²) in [5.41, 5.74) is 0.834. The zero-order chi connectivity index (χ0) is 15.4. The van der Waals surface area contributed by atoms with Crippen LogP contribution in [0.25, 0.3) is 0 Å². The van der Waals surface area contributed by atoms with Gasteiger partial charge in [0.1, 0.15) is 23.7 Å². The summed E-state index contributed by atoms with van der Waals surface area (Å²) in [4.78, 5) is 11.2. The number of ether oxygens (including phenoxy) is 2. The lowest BCUT2D eigenvalue weighted by molar-refractivity contribution is 0.0691. The van der Waals surface area contributed by atoms with E-state index in [0.717, 1.165) is 10.0 Å². The van der Waals surface area contributed by atoms with Crippen LogP contribution in [0.4, 0.5) is 0 Å². The number of halogens is 2. The van der Waals surface area contributed by atoms with Gasteiger partial charge in [-0.2, -0.15) is 0 Å². The van der Waals surface area contributed by atoms with Crippen LogP contribution in [-0.2, 0) is 6.61 Å². The Morgan fingerprint density at radius 2 is 2.00 bits per heavy atom. The first kappa shape index (κ1) is 15.7. The molecule has 6 heteroatoms. The molecule has 0 spiro atoms. The second kappa shape index (κ2) is 6.83. The van der Waals surface area contributed by atoms with Gasteiger partial charge in [0.2, 0.25) is 0 Å². The van der Waals surface area contributed by atoms with Gasteiger partial charge in [-0.3, -0.25) is 0 Å². The molecule has 0 aliphatic heterocycles. The molecule has 0 atom stereocenters. The first-order valence-electron chi connectivity index (χ1n) is 5.99. The summed E-state index contributed by atoms with van der Waals surface area (Å²) in [6.45, 7) is 0.153. The SMILES string of the molecule is COc1ccc(Cl)cc1COc1cc(Br)ccc1C(=O)O. The van der Waals surface area contributed by atoms with Crippen molar-refractivity contribution >= 4 is 33.5 Å². The number of rotatable bonds is 5. The maximum Gasteiger partial charge on any atom is 0.339 e. The van der Waals surface area contributed by atoms with Crippen LogP contribution in [-0.4, -0.2) is 18.2 Å². The molecule has 0 saturated carbocycles. The van der Waals surface area contributed by atoms with E-state index >= 15 is 0 Å². The molecule has 0 radical (unpaired) electrons. The van der Waals surface area contributed by atoms with Gasteiger partial charge in [-0.05, 0) is 36.4 Å². The highest BCUT2D eigenvalue weighted by atomic mass is 79.9.